The molecule has 0 aromatic heterocycles. The van der Waals surface area contributed by atoms with Gasteiger partial charge in [-0.2, -0.15) is 0 Å². The third-order valence-corrected chi connectivity index (χ3v) is 3.57. The van der Waals surface area contributed by atoms with Crippen molar-refractivity contribution in [2.24, 2.45) is 5.92 Å². The zero-order valence-electron chi connectivity index (χ0n) is 11.8. The Kier molecular flexibility index (Phi) is 6.44. The van der Waals surface area contributed by atoms with Crippen LogP contribution in [0.3, 0.4) is 0 Å². The van der Waals surface area contributed by atoms with Crippen molar-refractivity contribution < 1.29 is 4.79 Å². The Labute approximate surface area is 115 Å². The van der Waals surface area contributed by atoms with Crippen LogP contribution in [0.5, 0.6) is 0 Å². The van der Waals surface area contributed by atoms with Crippen LogP contribution in [0.2, 0.25) is 0 Å². The minimum absolute atomic E-state index is 0.245. The first-order chi connectivity index (χ1) is 8.49. The Morgan fingerprint density at radius 2 is 1.83 bits per heavy atom. The molecule has 0 fully saturated rings. The van der Waals surface area contributed by atoms with Gasteiger partial charge in [-0.05, 0) is 32.1 Å². The van der Waals surface area contributed by atoms with Crippen LogP contribution in [0.25, 0.3) is 0 Å². The molecule has 0 spiro atoms. The molecule has 0 N–H and O–H groups in total. The molecule has 0 amide bonds. The lowest BCUT2D eigenvalue weighted by atomic mass is 10.0. The van der Waals surface area contributed by atoms with Gasteiger partial charge in [0, 0.05) is 29.2 Å². The van der Waals surface area contributed by atoms with E-state index >= 15 is 0 Å². The van der Waals surface area contributed by atoms with Crippen molar-refractivity contribution in [3.63, 3.8) is 0 Å². The molecule has 100 valence electrons. The highest BCUT2D eigenvalue weighted by Gasteiger charge is 2.07. The van der Waals surface area contributed by atoms with Gasteiger partial charge in [0.15, 0.2) is 5.78 Å². The molecule has 18 heavy (non-hydrogen) atoms. The minimum atomic E-state index is 0.245. The standard InChI is InChI=1S/C15H23NOS/c1-12(2)11-15(17)13-5-7-14(8-6-13)18-10-9-16(3)4/h5-8,12H,9-11H2,1-4H3. The third kappa shape index (κ3) is 5.69. The number of ketones is 1. The van der Waals surface area contributed by atoms with Crippen LogP contribution in [0.1, 0.15) is 30.6 Å². The zero-order valence-corrected chi connectivity index (χ0v) is 12.6. The van der Waals surface area contributed by atoms with Gasteiger partial charge in [0.05, 0.1) is 0 Å². The first kappa shape index (κ1) is 15.3. The van der Waals surface area contributed by atoms with E-state index in [2.05, 4.69) is 32.8 Å². The van der Waals surface area contributed by atoms with Gasteiger partial charge in [-0.3, -0.25) is 4.79 Å². The first-order valence-electron chi connectivity index (χ1n) is 6.40. The van der Waals surface area contributed by atoms with E-state index in [0.29, 0.717) is 12.3 Å². The fourth-order valence-electron chi connectivity index (χ4n) is 1.57. The maximum absolute atomic E-state index is 11.9. The Morgan fingerprint density at radius 3 is 2.33 bits per heavy atom. The molecule has 0 aliphatic rings. The molecule has 0 saturated carbocycles. The summed E-state index contributed by atoms with van der Waals surface area (Å²) < 4.78 is 0. The zero-order chi connectivity index (χ0) is 13.5. The van der Waals surface area contributed by atoms with E-state index in [-0.39, 0.29) is 5.78 Å². The summed E-state index contributed by atoms with van der Waals surface area (Å²) in [4.78, 5) is 15.3. The average molecular weight is 265 g/mol. The largest absolute Gasteiger partial charge is 0.309 e. The van der Waals surface area contributed by atoms with Crippen molar-refractivity contribution in [3.8, 4) is 0 Å². The summed E-state index contributed by atoms with van der Waals surface area (Å²) in [6, 6.07) is 7.99. The van der Waals surface area contributed by atoms with E-state index in [4.69, 9.17) is 0 Å². The maximum atomic E-state index is 11.9. The Balaban J connectivity index is 2.49. The first-order valence-corrected chi connectivity index (χ1v) is 7.38. The number of hydrogen-bond acceptors (Lipinski definition) is 3. The number of rotatable bonds is 7. The number of hydrogen-bond donors (Lipinski definition) is 0. The van der Waals surface area contributed by atoms with E-state index in [1.54, 1.807) is 0 Å². The van der Waals surface area contributed by atoms with Gasteiger partial charge in [0.25, 0.3) is 0 Å². The molecule has 1 aromatic carbocycles. The van der Waals surface area contributed by atoms with Gasteiger partial charge in [0.2, 0.25) is 0 Å². The second kappa shape index (κ2) is 7.59. The summed E-state index contributed by atoms with van der Waals surface area (Å²) in [5, 5.41) is 0. The smallest absolute Gasteiger partial charge is 0.163 e. The highest BCUT2D eigenvalue weighted by molar-refractivity contribution is 7.99. The van der Waals surface area contributed by atoms with Crippen molar-refractivity contribution in [1.82, 2.24) is 4.90 Å². The topological polar surface area (TPSA) is 20.3 Å². The van der Waals surface area contributed by atoms with Gasteiger partial charge in [-0.1, -0.05) is 26.0 Å². The van der Waals surface area contributed by atoms with E-state index in [9.17, 15) is 4.79 Å². The van der Waals surface area contributed by atoms with E-state index in [1.165, 1.54) is 4.90 Å². The number of Topliss-reactive ketones (excluding diaryl/α,β-unsaturated/α-hetero) is 1. The maximum Gasteiger partial charge on any atom is 0.163 e. The van der Waals surface area contributed by atoms with Crippen LogP contribution in [0.4, 0.5) is 0 Å². The average Bonchev–Trinajstić information content (AvgIpc) is 2.28. The lowest BCUT2D eigenvalue weighted by molar-refractivity contribution is 0.0968. The summed E-state index contributed by atoms with van der Waals surface area (Å²) in [6.45, 7) is 5.21. The Morgan fingerprint density at radius 1 is 1.22 bits per heavy atom. The summed E-state index contributed by atoms with van der Waals surface area (Å²) in [5.41, 5.74) is 0.834. The van der Waals surface area contributed by atoms with Crippen LogP contribution in [0, 0.1) is 5.92 Å². The predicted molar refractivity (Wildman–Crippen MR) is 79.5 cm³/mol. The normalized spacial score (nSPS) is 11.2. The monoisotopic (exact) mass is 265 g/mol. The number of benzene rings is 1. The summed E-state index contributed by atoms with van der Waals surface area (Å²) in [6.07, 6.45) is 0.632. The molecule has 0 unspecified atom stereocenters. The molecule has 0 heterocycles. The molecule has 2 nitrogen and oxygen atoms in total. The molecule has 0 radical (unpaired) electrons. The van der Waals surface area contributed by atoms with Crippen LogP contribution < -0.4 is 0 Å². The summed E-state index contributed by atoms with van der Waals surface area (Å²) >= 11 is 1.83. The second-order valence-electron chi connectivity index (χ2n) is 5.20. The third-order valence-electron chi connectivity index (χ3n) is 2.58. The lowest BCUT2D eigenvalue weighted by Gasteiger charge is -2.09. The van der Waals surface area contributed by atoms with Gasteiger partial charge >= 0.3 is 0 Å². The number of carbonyl (C=O) groups excluding carboxylic acids is 1. The predicted octanol–water partition coefficient (Wildman–Crippen LogP) is 3.57. The summed E-state index contributed by atoms with van der Waals surface area (Å²) in [7, 11) is 4.16. The number of thioether (sulfide) groups is 1. The molecular weight excluding hydrogens is 242 g/mol. The van der Waals surface area contributed by atoms with Crippen LogP contribution in [0.15, 0.2) is 29.2 Å². The highest BCUT2D eigenvalue weighted by atomic mass is 32.2. The SMILES string of the molecule is CC(C)CC(=O)c1ccc(SCCN(C)C)cc1. The molecule has 1 aromatic rings. The molecule has 0 bridgehead atoms. The molecule has 0 aliphatic heterocycles. The fourth-order valence-corrected chi connectivity index (χ4v) is 2.59. The Bertz CT molecular complexity index is 371. The second-order valence-corrected chi connectivity index (χ2v) is 6.37. The Hall–Kier alpha value is -0.800. The van der Waals surface area contributed by atoms with Crippen LogP contribution in [-0.2, 0) is 0 Å². The van der Waals surface area contributed by atoms with E-state index in [0.717, 1.165) is 17.9 Å². The quantitative estimate of drug-likeness (QED) is 0.555. The highest BCUT2D eigenvalue weighted by Crippen LogP contribution is 2.19. The minimum Gasteiger partial charge on any atom is -0.309 e. The lowest BCUT2D eigenvalue weighted by Crippen LogP contribution is -2.14. The summed E-state index contributed by atoms with van der Waals surface area (Å²) in [5.74, 6) is 1.74. The number of nitrogens with zero attached hydrogens (tertiary/aromatic N) is 1. The van der Waals surface area contributed by atoms with E-state index < -0.39 is 0 Å². The fraction of sp³-hybridized carbons (Fsp3) is 0.533. The van der Waals surface area contributed by atoms with Crippen molar-refractivity contribution in [3.05, 3.63) is 29.8 Å². The van der Waals surface area contributed by atoms with Crippen molar-refractivity contribution in [2.45, 2.75) is 25.2 Å². The van der Waals surface area contributed by atoms with Crippen molar-refractivity contribution in [2.75, 3.05) is 26.4 Å². The van der Waals surface area contributed by atoms with Crippen molar-refractivity contribution >= 4 is 17.5 Å². The van der Waals surface area contributed by atoms with Crippen LogP contribution in [-0.4, -0.2) is 37.1 Å². The van der Waals surface area contributed by atoms with Gasteiger partial charge < -0.3 is 4.90 Å². The molecule has 3 heteroatoms. The van der Waals surface area contributed by atoms with Crippen LogP contribution >= 0.6 is 11.8 Å². The molecule has 0 saturated heterocycles. The van der Waals surface area contributed by atoms with Gasteiger partial charge in [-0.15, -0.1) is 11.8 Å². The van der Waals surface area contributed by atoms with E-state index in [1.807, 2.05) is 36.0 Å². The van der Waals surface area contributed by atoms with Gasteiger partial charge in [0.1, 0.15) is 0 Å². The van der Waals surface area contributed by atoms with Gasteiger partial charge in [-0.25, -0.2) is 0 Å². The molecule has 0 atom stereocenters. The molecular formula is C15H23NOS. The number of carbonyl (C=O) groups is 1. The molecule has 0 aliphatic carbocycles. The molecule has 1 rings (SSSR count). The van der Waals surface area contributed by atoms with Crippen molar-refractivity contribution in [1.29, 1.82) is 0 Å².